The van der Waals surface area contributed by atoms with Gasteiger partial charge in [-0.3, -0.25) is 9.78 Å². The molecule has 0 bridgehead atoms. The minimum atomic E-state index is -0.462. The summed E-state index contributed by atoms with van der Waals surface area (Å²) in [6.07, 6.45) is 4.42. The first-order valence-electron chi connectivity index (χ1n) is 7.02. The number of ether oxygens (including phenoxy) is 1. The predicted molar refractivity (Wildman–Crippen MR) is 77.2 cm³/mol. The minimum absolute atomic E-state index is 0.0204. The Labute approximate surface area is 122 Å². The highest BCUT2D eigenvalue weighted by molar-refractivity contribution is 6.01. The van der Waals surface area contributed by atoms with Crippen LogP contribution in [0, 0.1) is 5.82 Å². The molecule has 0 aliphatic heterocycles. The lowest BCUT2D eigenvalue weighted by Gasteiger charge is -2.23. The van der Waals surface area contributed by atoms with Crippen molar-refractivity contribution < 1.29 is 13.9 Å². The predicted octanol–water partition coefficient (Wildman–Crippen LogP) is 3.53. The first kappa shape index (κ1) is 13.7. The number of carbonyl (C=O) groups excluding carboxylic acids is 1. The molecule has 0 N–H and O–H groups in total. The van der Waals surface area contributed by atoms with E-state index in [1.807, 2.05) is 12.1 Å². The van der Waals surface area contributed by atoms with E-state index in [2.05, 4.69) is 4.98 Å². The van der Waals surface area contributed by atoms with Gasteiger partial charge < -0.3 is 4.74 Å². The van der Waals surface area contributed by atoms with Crippen LogP contribution in [0.2, 0.25) is 0 Å². The molecule has 3 nitrogen and oxygen atoms in total. The van der Waals surface area contributed by atoms with Gasteiger partial charge in [-0.05, 0) is 49.1 Å². The molecule has 1 aromatic carbocycles. The fraction of sp³-hybridized carbons (Fsp3) is 0.294. The quantitative estimate of drug-likeness (QED) is 0.810. The number of hydrogen-bond donors (Lipinski definition) is 0. The third-order valence-electron chi connectivity index (χ3n) is 3.95. The van der Waals surface area contributed by atoms with E-state index in [0.29, 0.717) is 5.56 Å². The summed E-state index contributed by atoms with van der Waals surface area (Å²) in [7, 11) is 1.39. The van der Waals surface area contributed by atoms with Crippen molar-refractivity contribution in [3.05, 3.63) is 59.2 Å². The zero-order chi connectivity index (χ0) is 14.8. The Morgan fingerprint density at radius 2 is 2.24 bits per heavy atom. The smallest absolute Gasteiger partial charge is 0.172 e. The third-order valence-corrected chi connectivity index (χ3v) is 3.95. The highest BCUT2D eigenvalue weighted by Crippen LogP contribution is 2.33. The number of hydrogen-bond acceptors (Lipinski definition) is 3. The van der Waals surface area contributed by atoms with E-state index in [1.54, 1.807) is 6.20 Å². The SMILES string of the molecule is COc1cc(C(=O)C2CCCc3cccnc32)ccc1F. The Balaban J connectivity index is 1.96. The van der Waals surface area contributed by atoms with Gasteiger partial charge in [-0.25, -0.2) is 4.39 Å². The average Bonchev–Trinajstić information content (AvgIpc) is 2.54. The van der Waals surface area contributed by atoms with Gasteiger partial charge >= 0.3 is 0 Å². The van der Waals surface area contributed by atoms with Crippen LogP contribution < -0.4 is 4.74 Å². The van der Waals surface area contributed by atoms with E-state index in [4.69, 9.17) is 4.74 Å². The van der Waals surface area contributed by atoms with Gasteiger partial charge in [-0.1, -0.05) is 6.07 Å². The monoisotopic (exact) mass is 285 g/mol. The highest BCUT2D eigenvalue weighted by atomic mass is 19.1. The first-order chi connectivity index (χ1) is 10.2. The van der Waals surface area contributed by atoms with Crippen molar-refractivity contribution in [2.75, 3.05) is 7.11 Å². The number of pyridine rings is 1. The molecule has 108 valence electrons. The molecule has 1 aromatic heterocycles. The van der Waals surface area contributed by atoms with Crippen LogP contribution in [0.4, 0.5) is 4.39 Å². The molecule has 0 spiro atoms. The fourth-order valence-electron chi connectivity index (χ4n) is 2.88. The first-order valence-corrected chi connectivity index (χ1v) is 7.02. The van der Waals surface area contributed by atoms with Crippen LogP contribution in [-0.4, -0.2) is 17.9 Å². The maximum absolute atomic E-state index is 13.5. The summed E-state index contributed by atoms with van der Waals surface area (Å²) in [4.78, 5) is 17.1. The zero-order valence-electron chi connectivity index (χ0n) is 11.8. The fourth-order valence-corrected chi connectivity index (χ4v) is 2.88. The number of halogens is 1. The largest absolute Gasteiger partial charge is 0.494 e. The standard InChI is InChI=1S/C17H16FNO2/c1-21-15-10-12(7-8-14(15)18)17(20)13-6-2-4-11-5-3-9-19-16(11)13/h3,5,7-10,13H,2,4,6H2,1H3. The lowest BCUT2D eigenvalue weighted by Crippen LogP contribution is -2.20. The Morgan fingerprint density at radius 3 is 3.05 bits per heavy atom. The lowest BCUT2D eigenvalue weighted by atomic mass is 9.82. The zero-order valence-corrected chi connectivity index (χ0v) is 11.8. The molecule has 2 aromatic rings. The Morgan fingerprint density at radius 1 is 1.38 bits per heavy atom. The number of rotatable bonds is 3. The van der Waals surface area contributed by atoms with Crippen LogP contribution in [0.5, 0.6) is 5.75 Å². The minimum Gasteiger partial charge on any atom is -0.494 e. The Bertz CT molecular complexity index is 684. The van der Waals surface area contributed by atoms with Gasteiger partial charge in [-0.2, -0.15) is 0 Å². The van der Waals surface area contributed by atoms with Gasteiger partial charge in [0.1, 0.15) is 0 Å². The summed E-state index contributed by atoms with van der Waals surface area (Å²) in [6, 6.07) is 8.17. The Hall–Kier alpha value is -2.23. The van der Waals surface area contributed by atoms with Gasteiger partial charge in [0.25, 0.3) is 0 Å². The highest BCUT2D eigenvalue weighted by Gasteiger charge is 2.28. The number of nitrogens with zero attached hydrogens (tertiary/aromatic N) is 1. The molecule has 1 unspecified atom stereocenters. The number of ketones is 1. The van der Waals surface area contributed by atoms with Crippen molar-refractivity contribution in [1.29, 1.82) is 0 Å². The number of methoxy groups -OCH3 is 1. The van der Waals surface area contributed by atoms with Crippen LogP contribution in [-0.2, 0) is 6.42 Å². The van der Waals surface area contributed by atoms with Crippen molar-refractivity contribution in [1.82, 2.24) is 4.98 Å². The van der Waals surface area contributed by atoms with Crippen LogP contribution in [0.25, 0.3) is 0 Å². The van der Waals surface area contributed by atoms with Gasteiger partial charge in [-0.15, -0.1) is 0 Å². The molecule has 3 rings (SSSR count). The van der Waals surface area contributed by atoms with Gasteiger partial charge in [0, 0.05) is 11.8 Å². The number of aryl methyl sites for hydroxylation is 1. The summed E-state index contributed by atoms with van der Waals surface area (Å²) in [5.74, 6) is -0.632. The van der Waals surface area contributed by atoms with E-state index in [-0.39, 0.29) is 17.5 Å². The number of Topliss-reactive ketones (excluding diaryl/α,β-unsaturated/α-hetero) is 1. The summed E-state index contributed by atoms with van der Waals surface area (Å²) in [5.41, 5.74) is 2.46. The molecule has 21 heavy (non-hydrogen) atoms. The molecular weight excluding hydrogens is 269 g/mol. The van der Waals surface area contributed by atoms with Gasteiger partial charge in [0.05, 0.1) is 18.7 Å². The molecule has 0 saturated carbocycles. The van der Waals surface area contributed by atoms with Crippen LogP contribution in [0.3, 0.4) is 0 Å². The Kier molecular flexibility index (Phi) is 3.69. The van der Waals surface area contributed by atoms with Crippen molar-refractivity contribution in [3.8, 4) is 5.75 Å². The molecule has 4 heteroatoms. The van der Waals surface area contributed by atoms with Crippen molar-refractivity contribution in [2.24, 2.45) is 0 Å². The van der Waals surface area contributed by atoms with Crippen LogP contribution in [0.1, 0.15) is 40.4 Å². The van der Waals surface area contributed by atoms with Gasteiger partial charge in [0.2, 0.25) is 0 Å². The van der Waals surface area contributed by atoms with E-state index >= 15 is 0 Å². The molecule has 0 fully saturated rings. The number of aromatic nitrogens is 1. The second kappa shape index (κ2) is 5.64. The van der Waals surface area contributed by atoms with Gasteiger partial charge in [0.15, 0.2) is 17.3 Å². The van der Waals surface area contributed by atoms with E-state index in [0.717, 1.165) is 30.5 Å². The summed E-state index contributed by atoms with van der Waals surface area (Å²) < 4.78 is 18.4. The van der Waals surface area contributed by atoms with Crippen molar-refractivity contribution in [2.45, 2.75) is 25.2 Å². The van der Waals surface area contributed by atoms with Crippen molar-refractivity contribution in [3.63, 3.8) is 0 Å². The second-order valence-electron chi connectivity index (χ2n) is 5.21. The van der Waals surface area contributed by atoms with E-state index < -0.39 is 5.82 Å². The number of fused-ring (bicyclic) bond motifs is 1. The molecule has 1 aliphatic rings. The lowest BCUT2D eigenvalue weighted by molar-refractivity contribution is 0.0948. The molecular formula is C17H16FNO2. The average molecular weight is 285 g/mol. The third kappa shape index (κ3) is 2.53. The van der Waals surface area contributed by atoms with Crippen molar-refractivity contribution >= 4 is 5.78 Å². The molecule has 0 saturated heterocycles. The molecule has 1 atom stereocenters. The maximum Gasteiger partial charge on any atom is 0.172 e. The van der Waals surface area contributed by atoms with E-state index in [1.165, 1.54) is 25.3 Å². The second-order valence-corrected chi connectivity index (χ2v) is 5.21. The molecule has 0 radical (unpaired) electrons. The molecule has 1 aliphatic carbocycles. The normalized spacial score (nSPS) is 17.1. The maximum atomic E-state index is 13.5. The summed E-state index contributed by atoms with van der Waals surface area (Å²) in [6.45, 7) is 0. The van der Waals surface area contributed by atoms with E-state index in [9.17, 15) is 9.18 Å². The van der Waals surface area contributed by atoms with Crippen LogP contribution in [0.15, 0.2) is 36.5 Å². The number of carbonyl (C=O) groups is 1. The molecule has 1 heterocycles. The summed E-state index contributed by atoms with van der Waals surface area (Å²) in [5, 5.41) is 0. The molecule has 0 amide bonds. The van der Waals surface area contributed by atoms with Crippen LogP contribution >= 0.6 is 0 Å². The topological polar surface area (TPSA) is 39.2 Å². The summed E-state index contributed by atoms with van der Waals surface area (Å²) >= 11 is 0. The number of benzene rings is 1.